The zero-order chi connectivity index (χ0) is 28.3. The van der Waals surface area contributed by atoms with E-state index in [0.717, 1.165) is 4.90 Å². The summed E-state index contributed by atoms with van der Waals surface area (Å²) < 4.78 is 48.4. The Hall–Kier alpha value is -2.34. The lowest BCUT2D eigenvalue weighted by atomic mass is 9.87. The van der Waals surface area contributed by atoms with Crippen LogP contribution in [0.15, 0.2) is 36.4 Å². The van der Waals surface area contributed by atoms with Gasteiger partial charge in [-0.05, 0) is 48.0 Å². The molecule has 2 aliphatic rings. The van der Waals surface area contributed by atoms with Crippen molar-refractivity contribution in [2.24, 2.45) is 0 Å². The van der Waals surface area contributed by atoms with E-state index in [1.165, 1.54) is 41.3 Å². The van der Waals surface area contributed by atoms with Crippen LogP contribution in [0.25, 0.3) is 0 Å². The number of halogens is 5. The monoisotopic (exact) mass is 589 g/mol. The first-order chi connectivity index (χ1) is 17.4. The van der Waals surface area contributed by atoms with Crippen LogP contribution in [-0.4, -0.2) is 54.7 Å². The molecule has 1 aromatic carbocycles. The van der Waals surface area contributed by atoms with Crippen LogP contribution in [0.3, 0.4) is 0 Å². The molecule has 3 heterocycles. The van der Waals surface area contributed by atoms with Gasteiger partial charge in [0.2, 0.25) is 0 Å². The van der Waals surface area contributed by atoms with Crippen molar-refractivity contribution in [1.82, 2.24) is 9.88 Å². The number of imide groups is 1. The first-order valence-electron chi connectivity index (χ1n) is 11.9. The molecule has 206 valence electrons. The van der Waals surface area contributed by atoms with Gasteiger partial charge < -0.3 is 14.1 Å². The van der Waals surface area contributed by atoms with Crippen LogP contribution in [0.2, 0.25) is 28.4 Å². The van der Waals surface area contributed by atoms with E-state index in [9.17, 15) is 22.8 Å². The quantitative estimate of drug-likeness (QED) is 0.210. The van der Waals surface area contributed by atoms with Gasteiger partial charge in [-0.3, -0.25) is 4.79 Å². The van der Waals surface area contributed by atoms with E-state index in [1.54, 1.807) is 0 Å². The normalized spacial score (nSPS) is 22.3. The maximum atomic E-state index is 14.0. The molecule has 2 fully saturated rings. The SMILES string of the molecule is CC(C)(C)[Si](C)(C)OC1CN2C(=O)N(c3cc(Cl)nc(Cl)c3)C(=O)C2(Cc2ccc(OC(F)(F)F)cc2)C1. The Kier molecular flexibility index (Phi) is 7.31. The summed E-state index contributed by atoms with van der Waals surface area (Å²) in [6.07, 6.45) is -4.90. The van der Waals surface area contributed by atoms with Gasteiger partial charge in [0.25, 0.3) is 5.91 Å². The summed E-state index contributed by atoms with van der Waals surface area (Å²) >= 11 is 12.1. The first-order valence-corrected chi connectivity index (χ1v) is 15.6. The van der Waals surface area contributed by atoms with Crippen LogP contribution in [0.5, 0.6) is 5.75 Å². The number of pyridine rings is 1. The number of carbonyl (C=O) groups is 2. The zero-order valence-electron chi connectivity index (χ0n) is 21.5. The molecule has 2 aromatic rings. The van der Waals surface area contributed by atoms with Crippen molar-refractivity contribution in [3.05, 3.63) is 52.3 Å². The first kappa shape index (κ1) is 28.7. The number of anilines is 1. The number of rotatable bonds is 6. The Balaban J connectivity index is 1.70. The van der Waals surface area contributed by atoms with Crippen molar-refractivity contribution in [2.75, 3.05) is 11.4 Å². The maximum absolute atomic E-state index is 14.0. The second-order valence-corrected chi connectivity index (χ2v) is 16.6. The highest BCUT2D eigenvalue weighted by molar-refractivity contribution is 6.74. The molecule has 2 aliphatic heterocycles. The molecule has 7 nitrogen and oxygen atoms in total. The summed E-state index contributed by atoms with van der Waals surface area (Å²) in [4.78, 5) is 34.1. The topological polar surface area (TPSA) is 72.0 Å². The van der Waals surface area contributed by atoms with Crippen LogP contribution in [0, 0.1) is 0 Å². The Morgan fingerprint density at radius 2 is 1.66 bits per heavy atom. The summed E-state index contributed by atoms with van der Waals surface area (Å²) in [5.74, 6) is -0.865. The van der Waals surface area contributed by atoms with E-state index < -0.39 is 32.2 Å². The molecule has 0 aliphatic carbocycles. The zero-order valence-corrected chi connectivity index (χ0v) is 24.0. The minimum absolute atomic E-state index is 0.0219. The van der Waals surface area contributed by atoms with Crippen molar-refractivity contribution >= 4 is 49.1 Å². The van der Waals surface area contributed by atoms with Crippen molar-refractivity contribution < 1.29 is 31.9 Å². The molecule has 2 saturated heterocycles. The Morgan fingerprint density at radius 1 is 1.08 bits per heavy atom. The molecule has 0 saturated carbocycles. The van der Waals surface area contributed by atoms with E-state index in [4.69, 9.17) is 27.6 Å². The summed E-state index contributed by atoms with van der Waals surface area (Å²) in [5, 5.41) is -0.0475. The molecule has 0 spiro atoms. The van der Waals surface area contributed by atoms with E-state index in [1.807, 2.05) is 0 Å². The van der Waals surface area contributed by atoms with Gasteiger partial charge in [-0.25, -0.2) is 14.7 Å². The lowest BCUT2D eigenvalue weighted by molar-refractivity contribution is -0.274. The van der Waals surface area contributed by atoms with Gasteiger partial charge in [-0.2, -0.15) is 0 Å². The lowest BCUT2D eigenvalue weighted by Gasteiger charge is -2.38. The predicted octanol–water partition coefficient (Wildman–Crippen LogP) is 6.83. The van der Waals surface area contributed by atoms with E-state index in [0.29, 0.717) is 5.56 Å². The highest BCUT2D eigenvalue weighted by Gasteiger charge is 2.63. The molecule has 0 radical (unpaired) electrons. The molecule has 0 bridgehead atoms. The number of benzene rings is 1. The number of amides is 3. The fourth-order valence-corrected chi connectivity index (χ4v) is 6.47. The van der Waals surface area contributed by atoms with Gasteiger partial charge in [0.1, 0.15) is 21.6 Å². The van der Waals surface area contributed by atoms with Crippen molar-refractivity contribution in [3.8, 4) is 5.75 Å². The second kappa shape index (κ2) is 9.69. The van der Waals surface area contributed by atoms with Gasteiger partial charge in [0.15, 0.2) is 8.32 Å². The van der Waals surface area contributed by atoms with Crippen molar-refractivity contribution in [1.29, 1.82) is 0 Å². The molecule has 4 rings (SSSR count). The van der Waals surface area contributed by atoms with Crippen LogP contribution in [-0.2, 0) is 15.6 Å². The van der Waals surface area contributed by atoms with Crippen LogP contribution < -0.4 is 9.64 Å². The third-order valence-electron chi connectivity index (χ3n) is 7.42. The smallest absolute Gasteiger partial charge is 0.412 e. The number of ether oxygens (including phenoxy) is 1. The highest BCUT2D eigenvalue weighted by Crippen LogP contribution is 2.46. The number of hydrogen-bond donors (Lipinski definition) is 0. The van der Waals surface area contributed by atoms with E-state index in [2.05, 4.69) is 43.6 Å². The van der Waals surface area contributed by atoms with Crippen LogP contribution in [0.4, 0.5) is 23.7 Å². The number of hydrogen-bond acceptors (Lipinski definition) is 5. The molecule has 38 heavy (non-hydrogen) atoms. The largest absolute Gasteiger partial charge is 0.573 e. The van der Waals surface area contributed by atoms with Crippen LogP contribution in [0.1, 0.15) is 32.8 Å². The number of nitrogens with zero attached hydrogens (tertiary/aromatic N) is 3. The van der Waals surface area contributed by atoms with Gasteiger partial charge in [-0.15, -0.1) is 13.2 Å². The van der Waals surface area contributed by atoms with Crippen molar-refractivity contribution in [3.63, 3.8) is 0 Å². The third kappa shape index (κ3) is 5.52. The summed E-state index contributed by atoms with van der Waals surface area (Å²) in [6, 6.07) is 7.49. The third-order valence-corrected chi connectivity index (χ3v) is 12.3. The number of fused-ring (bicyclic) bond motifs is 1. The number of aromatic nitrogens is 1. The fourth-order valence-electron chi connectivity index (χ4n) is 4.68. The molecule has 13 heteroatoms. The number of urea groups is 1. The predicted molar refractivity (Wildman–Crippen MR) is 140 cm³/mol. The summed E-state index contributed by atoms with van der Waals surface area (Å²) in [6.45, 7) is 10.7. The fraction of sp³-hybridized carbons (Fsp3) is 0.480. The van der Waals surface area contributed by atoms with Crippen molar-refractivity contribution in [2.45, 2.75) is 69.8 Å². The maximum Gasteiger partial charge on any atom is 0.573 e. The minimum atomic E-state index is -4.82. The lowest BCUT2D eigenvalue weighted by Crippen LogP contribution is -2.47. The molecular formula is C25H28Cl2F3N3O4Si. The second-order valence-electron chi connectivity index (χ2n) is 11.1. The van der Waals surface area contributed by atoms with Gasteiger partial charge in [0, 0.05) is 19.4 Å². The molecule has 2 atom stereocenters. The minimum Gasteiger partial charge on any atom is -0.412 e. The Labute approximate surface area is 229 Å². The average molecular weight is 591 g/mol. The summed E-state index contributed by atoms with van der Waals surface area (Å²) in [7, 11) is -2.24. The van der Waals surface area contributed by atoms with Gasteiger partial charge in [-0.1, -0.05) is 56.1 Å². The van der Waals surface area contributed by atoms with Crippen LogP contribution >= 0.6 is 23.2 Å². The van der Waals surface area contributed by atoms with Gasteiger partial charge in [0.05, 0.1) is 11.8 Å². The highest BCUT2D eigenvalue weighted by atomic mass is 35.5. The Bertz CT molecular complexity index is 1230. The van der Waals surface area contributed by atoms with E-state index >= 15 is 0 Å². The molecule has 2 unspecified atom stereocenters. The molecular weight excluding hydrogens is 562 g/mol. The average Bonchev–Trinajstić information content (AvgIpc) is 3.19. The number of alkyl halides is 3. The molecule has 3 amide bonds. The number of carbonyl (C=O) groups excluding carboxylic acids is 2. The van der Waals surface area contributed by atoms with E-state index in [-0.39, 0.29) is 52.3 Å². The molecule has 0 N–H and O–H groups in total. The Morgan fingerprint density at radius 3 is 2.18 bits per heavy atom. The van der Waals surface area contributed by atoms with Gasteiger partial charge >= 0.3 is 12.4 Å². The molecule has 1 aromatic heterocycles. The standard InChI is InChI=1S/C25H28Cl2F3N3O4Si/c1-23(2,3)38(4,5)37-18-13-24(12-15-6-8-17(9-7-15)36-25(28,29)30)21(34)33(22(35)32(24)14-18)16-10-19(26)31-20(27)11-16/h6-11,18H,12-14H2,1-5H3. The summed E-state index contributed by atoms with van der Waals surface area (Å²) in [5.41, 5.74) is -0.556.